The lowest BCUT2D eigenvalue weighted by molar-refractivity contribution is 0.318. The molecule has 0 bridgehead atoms. The van der Waals surface area contributed by atoms with Gasteiger partial charge in [-0.15, -0.1) is 0 Å². The van der Waals surface area contributed by atoms with Crippen LogP contribution < -0.4 is 10.6 Å². The van der Waals surface area contributed by atoms with Crippen molar-refractivity contribution < 1.29 is 0 Å². The fraction of sp³-hybridized carbons (Fsp3) is 0.471. The van der Waals surface area contributed by atoms with Crippen molar-refractivity contribution in [2.45, 2.75) is 20.4 Å². The molecule has 0 saturated carbocycles. The van der Waals surface area contributed by atoms with Gasteiger partial charge in [0.1, 0.15) is 0 Å². The monoisotopic (exact) mass is 257 g/mol. The van der Waals surface area contributed by atoms with Crippen molar-refractivity contribution in [3.05, 3.63) is 54.1 Å². The molecule has 2 nitrogen and oxygen atoms in total. The molecular weight excluding hydrogens is 232 g/mol. The zero-order chi connectivity index (χ0) is 13.6. The van der Waals surface area contributed by atoms with Crippen LogP contribution in [0, 0.1) is 11.3 Å². The van der Waals surface area contributed by atoms with E-state index in [1.807, 2.05) is 0 Å². The molecule has 0 unspecified atom stereocenters. The van der Waals surface area contributed by atoms with Crippen LogP contribution in [-0.2, 0) is 6.54 Å². The van der Waals surface area contributed by atoms with Crippen LogP contribution in [0.3, 0.4) is 0 Å². The summed E-state index contributed by atoms with van der Waals surface area (Å²) in [4.78, 5) is 0. The highest BCUT2D eigenvalue weighted by molar-refractivity contribution is 5.18. The van der Waals surface area contributed by atoms with Crippen LogP contribution in [0.5, 0.6) is 0 Å². The SMILES string of the molecule is CC(C)(CNCc1cc[cH-]c1)CNCC1C=CC=C1. The summed E-state index contributed by atoms with van der Waals surface area (Å²) in [5.41, 5.74) is 1.64. The smallest absolute Gasteiger partial charge is 0.00779 e. The van der Waals surface area contributed by atoms with Gasteiger partial charge in [-0.3, -0.25) is 0 Å². The van der Waals surface area contributed by atoms with Crippen LogP contribution >= 0.6 is 0 Å². The van der Waals surface area contributed by atoms with Gasteiger partial charge in [-0.05, 0) is 12.0 Å². The molecule has 1 aromatic carbocycles. The van der Waals surface area contributed by atoms with E-state index in [1.54, 1.807) is 0 Å². The Bertz CT molecular complexity index is 400. The summed E-state index contributed by atoms with van der Waals surface area (Å²) in [6.07, 6.45) is 8.74. The molecule has 104 valence electrons. The Morgan fingerprint density at radius 2 is 1.89 bits per heavy atom. The predicted octanol–water partition coefficient (Wildman–Crippen LogP) is 2.85. The van der Waals surface area contributed by atoms with Crippen molar-refractivity contribution in [1.29, 1.82) is 0 Å². The van der Waals surface area contributed by atoms with Gasteiger partial charge < -0.3 is 10.6 Å². The molecule has 1 aromatic rings. The molecule has 0 atom stereocenters. The van der Waals surface area contributed by atoms with Crippen molar-refractivity contribution >= 4 is 0 Å². The largest absolute Gasteiger partial charge is 0.324 e. The van der Waals surface area contributed by atoms with Gasteiger partial charge in [-0.1, -0.05) is 38.2 Å². The maximum Gasteiger partial charge on any atom is 0.00779 e. The van der Waals surface area contributed by atoms with E-state index in [1.165, 1.54) is 5.56 Å². The van der Waals surface area contributed by atoms with Crippen LogP contribution in [0.2, 0.25) is 0 Å². The van der Waals surface area contributed by atoms with Gasteiger partial charge in [-0.25, -0.2) is 6.07 Å². The first-order valence-electron chi connectivity index (χ1n) is 7.13. The second-order valence-electron chi connectivity index (χ2n) is 6.13. The van der Waals surface area contributed by atoms with Crippen molar-refractivity contribution in [1.82, 2.24) is 10.6 Å². The van der Waals surface area contributed by atoms with Crippen molar-refractivity contribution in [2.75, 3.05) is 19.6 Å². The molecule has 0 radical (unpaired) electrons. The number of allylic oxidation sites excluding steroid dienone is 2. The topological polar surface area (TPSA) is 24.1 Å². The van der Waals surface area contributed by atoms with E-state index in [0.29, 0.717) is 5.92 Å². The van der Waals surface area contributed by atoms with Gasteiger partial charge in [0.15, 0.2) is 0 Å². The van der Waals surface area contributed by atoms with Crippen molar-refractivity contribution in [3.63, 3.8) is 0 Å². The van der Waals surface area contributed by atoms with E-state index in [0.717, 1.165) is 26.2 Å². The molecule has 0 spiro atoms. The molecule has 2 N–H and O–H groups in total. The van der Waals surface area contributed by atoms with Gasteiger partial charge in [0.2, 0.25) is 0 Å². The lowest BCUT2D eigenvalue weighted by Crippen LogP contribution is -2.39. The summed E-state index contributed by atoms with van der Waals surface area (Å²) in [6.45, 7) is 8.68. The first kappa shape index (κ1) is 14.2. The summed E-state index contributed by atoms with van der Waals surface area (Å²) in [5, 5.41) is 7.11. The van der Waals surface area contributed by atoms with E-state index in [-0.39, 0.29) is 5.41 Å². The molecule has 0 fully saturated rings. The Hall–Kier alpha value is -1.25. The fourth-order valence-electron chi connectivity index (χ4n) is 2.33. The van der Waals surface area contributed by atoms with Gasteiger partial charge >= 0.3 is 0 Å². The lowest BCUT2D eigenvalue weighted by Gasteiger charge is -2.26. The van der Waals surface area contributed by atoms with E-state index < -0.39 is 0 Å². The number of rotatable bonds is 8. The minimum atomic E-state index is 0.276. The Labute approximate surface area is 117 Å². The number of hydrogen-bond acceptors (Lipinski definition) is 2. The Morgan fingerprint density at radius 1 is 1.16 bits per heavy atom. The highest BCUT2D eigenvalue weighted by Gasteiger charge is 2.17. The predicted molar refractivity (Wildman–Crippen MR) is 82.2 cm³/mol. The number of hydrogen-bond donors (Lipinski definition) is 2. The average molecular weight is 257 g/mol. The molecule has 0 heterocycles. The van der Waals surface area contributed by atoms with E-state index in [2.05, 4.69) is 73.1 Å². The van der Waals surface area contributed by atoms with Gasteiger partial charge in [0.05, 0.1) is 0 Å². The fourth-order valence-corrected chi connectivity index (χ4v) is 2.33. The molecule has 0 amide bonds. The van der Waals surface area contributed by atoms with E-state index >= 15 is 0 Å². The zero-order valence-corrected chi connectivity index (χ0v) is 12.0. The third kappa shape index (κ3) is 5.09. The van der Waals surface area contributed by atoms with Crippen LogP contribution in [0.4, 0.5) is 0 Å². The Morgan fingerprint density at radius 3 is 2.58 bits per heavy atom. The van der Waals surface area contributed by atoms with Crippen molar-refractivity contribution in [2.24, 2.45) is 11.3 Å². The van der Waals surface area contributed by atoms with Crippen LogP contribution in [0.1, 0.15) is 19.4 Å². The summed E-state index contributed by atoms with van der Waals surface area (Å²) in [6, 6.07) is 8.51. The van der Waals surface area contributed by atoms with E-state index in [4.69, 9.17) is 0 Å². The highest BCUT2D eigenvalue weighted by atomic mass is 14.9. The molecule has 2 rings (SSSR count). The quantitative estimate of drug-likeness (QED) is 0.700. The van der Waals surface area contributed by atoms with Gasteiger partial charge in [0.25, 0.3) is 0 Å². The maximum atomic E-state index is 3.57. The molecule has 1 aliphatic carbocycles. The third-order valence-corrected chi connectivity index (χ3v) is 3.48. The maximum absolute atomic E-state index is 3.57. The molecule has 2 heteroatoms. The highest BCUT2D eigenvalue weighted by Crippen LogP contribution is 2.13. The Kier molecular flexibility index (Phi) is 5.06. The van der Waals surface area contributed by atoms with Crippen LogP contribution in [0.25, 0.3) is 0 Å². The molecule has 19 heavy (non-hydrogen) atoms. The first-order chi connectivity index (χ1) is 9.16. The lowest BCUT2D eigenvalue weighted by atomic mass is 9.93. The van der Waals surface area contributed by atoms with Gasteiger partial charge in [0, 0.05) is 25.6 Å². The van der Waals surface area contributed by atoms with Crippen LogP contribution in [0.15, 0.2) is 48.6 Å². The summed E-state index contributed by atoms with van der Waals surface area (Å²) < 4.78 is 0. The normalized spacial score (nSPS) is 15.5. The summed E-state index contributed by atoms with van der Waals surface area (Å²) >= 11 is 0. The van der Waals surface area contributed by atoms with E-state index in [9.17, 15) is 0 Å². The molecule has 1 aliphatic rings. The summed E-state index contributed by atoms with van der Waals surface area (Å²) in [7, 11) is 0. The van der Waals surface area contributed by atoms with Gasteiger partial charge in [-0.2, -0.15) is 23.8 Å². The minimum absolute atomic E-state index is 0.276. The molecular formula is C17H25N2-. The molecule has 0 aliphatic heterocycles. The second-order valence-corrected chi connectivity index (χ2v) is 6.13. The van der Waals surface area contributed by atoms with Crippen LogP contribution in [-0.4, -0.2) is 19.6 Å². The molecule has 0 saturated heterocycles. The minimum Gasteiger partial charge on any atom is -0.324 e. The third-order valence-electron chi connectivity index (χ3n) is 3.48. The molecule has 0 aromatic heterocycles. The Balaban J connectivity index is 1.60. The summed E-state index contributed by atoms with van der Waals surface area (Å²) in [5.74, 6) is 0.577. The average Bonchev–Trinajstić information content (AvgIpc) is 3.01. The first-order valence-corrected chi connectivity index (χ1v) is 7.13. The zero-order valence-electron chi connectivity index (χ0n) is 12.0. The second kappa shape index (κ2) is 6.78. The standard InChI is InChI=1S/C17H25N2/c1-17(2,13-18-11-15-7-3-4-8-15)14-19-12-16-9-5-6-10-16/h3-10,15,18-19H,11-14H2,1-2H3/q-1. The number of nitrogens with one attached hydrogen (secondary N) is 2. The van der Waals surface area contributed by atoms with Crippen molar-refractivity contribution in [3.8, 4) is 0 Å².